The van der Waals surface area contributed by atoms with Gasteiger partial charge >= 0.3 is 0 Å². The number of aryl methyl sites for hydroxylation is 1. The molecule has 1 amide bonds. The molecule has 4 aliphatic heterocycles. The maximum absolute atomic E-state index is 14.3. The number of halogens is 1. The number of nitrogens with one attached hydrogen (secondary N) is 1. The van der Waals surface area contributed by atoms with Crippen LogP contribution >= 0.6 is 11.6 Å². The second kappa shape index (κ2) is 17.9. The molecule has 0 aromatic heterocycles. The number of ether oxygens (including phenoxy) is 3. The van der Waals surface area contributed by atoms with Gasteiger partial charge in [-0.05, 0) is 117 Å². The van der Waals surface area contributed by atoms with Crippen LogP contribution in [0.2, 0.25) is 5.02 Å². The first-order chi connectivity index (χ1) is 27.6. The van der Waals surface area contributed by atoms with E-state index in [0.29, 0.717) is 55.2 Å². The second-order valence-electron chi connectivity index (χ2n) is 17.8. The van der Waals surface area contributed by atoms with Crippen LogP contribution in [-0.2, 0) is 32.5 Å². The standard InChI is InChI=1S/C45H63ClN4O6S/c1-3-56-45(31-48-20-21-49-22-23-54-30-39(49)28-48)18-7-8-32(2)43(24-33-9-6-10-33)57(52,53)47-44(51)35-14-17-42-41(26-35)50(27-36-13-16-40(36)45)19-5-4-11-34-25-38(46)15-12-37(34)29-55-42/h7,12,14-15,17-18,25-26,32-33,36,39-40,43H,3-6,8-11,13,16,19-24,27-31H2,1-2H3,(H,47,51)/b18-7+/t32-,36-,39-,40+,43+,45-/m0/s1. The Labute approximate surface area is 345 Å². The predicted molar refractivity (Wildman–Crippen MR) is 226 cm³/mol. The molecule has 2 aromatic rings. The lowest BCUT2D eigenvalue weighted by Gasteiger charge is -2.53. The van der Waals surface area contributed by atoms with Crippen LogP contribution in [0.5, 0.6) is 5.75 Å². The lowest BCUT2D eigenvalue weighted by molar-refractivity contribution is -0.121. The molecule has 2 bridgehead atoms. The third kappa shape index (κ3) is 9.24. The molecule has 4 fully saturated rings. The van der Waals surface area contributed by atoms with Gasteiger partial charge in [0.1, 0.15) is 18.0 Å². The van der Waals surface area contributed by atoms with E-state index in [0.717, 1.165) is 127 Å². The first-order valence-electron chi connectivity index (χ1n) is 21.8. The van der Waals surface area contributed by atoms with Crippen molar-refractivity contribution in [3.05, 3.63) is 70.3 Å². The summed E-state index contributed by atoms with van der Waals surface area (Å²) in [5.74, 6) is 0.903. The lowest BCUT2D eigenvalue weighted by Crippen LogP contribution is -2.62. The Bertz CT molecular complexity index is 1870. The smallest absolute Gasteiger partial charge is 0.264 e. The summed E-state index contributed by atoms with van der Waals surface area (Å²) in [5.41, 5.74) is 2.93. The zero-order chi connectivity index (χ0) is 39.6. The molecule has 2 saturated carbocycles. The third-order valence-electron chi connectivity index (χ3n) is 14.1. The number of allylic oxidation sites excluding steroid dienone is 1. The SMILES string of the molecule is CCO[C@]1(CN2CCN3CCOC[C@@H]3C2)/C=C/C[C@H](C)[C@@H](CC2CCC2)S(=O)(=O)NC(=O)c2ccc3c(c2)N(CCCCc2cc(Cl)ccc2CO3)C[C@@H]2CC[C@H]21. The van der Waals surface area contributed by atoms with Gasteiger partial charge in [0, 0.05) is 69.0 Å². The van der Waals surface area contributed by atoms with E-state index in [4.69, 9.17) is 25.8 Å². The van der Waals surface area contributed by atoms with Crippen LogP contribution in [0.15, 0.2) is 48.6 Å². The molecule has 2 aliphatic carbocycles. The summed E-state index contributed by atoms with van der Waals surface area (Å²) in [6, 6.07) is 11.8. The van der Waals surface area contributed by atoms with Crippen molar-refractivity contribution in [3.63, 3.8) is 0 Å². The molecule has 6 atom stereocenters. The van der Waals surface area contributed by atoms with Gasteiger partial charge < -0.3 is 19.1 Å². The van der Waals surface area contributed by atoms with Gasteiger partial charge in [-0.25, -0.2) is 13.1 Å². The van der Waals surface area contributed by atoms with Crippen molar-refractivity contribution in [2.45, 2.75) is 102 Å². The first kappa shape index (κ1) is 41.1. The van der Waals surface area contributed by atoms with Gasteiger partial charge in [0.05, 0.1) is 24.2 Å². The minimum Gasteiger partial charge on any atom is -0.487 e. The highest BCUT2D eigenvalue weighted by Crippen LogP contribution is 2.47. The van der Waals surface area contributed by atoms with Gasteiger partial charge in [-0.3, -0.25) is 14.6 Å². The maximum atomic E-state index is 14.3. The van der Waals surface area contributed by atoms with Crippen molar-refractivity contribution in [3.8, 4) is 5.75 Å². The molecular weight excluding hydrogens is 760 g/mol. The van der Waals surface area contributed by atoms with E-state index in [1.165, 1.54) is 5.56 Å². The number of piperazine rings is 1. The zero-order valence-corrected chi connectivity index (χ0v) is 35.6. The van der Waals surface area contributed by atoms with Crippen LogP contribution in [0.25, 0.3) is 0 Å². The van der Waals surface area contributed by atoms with Crippen molar-refractivity contribution in [1.82, 2.24) is 14.5 Å². The van der Waals surface area contributed by atoms with E-state index in [9.17, 15) is 13.2 Å². The monoisotopic (exact) mass is 822 g/mol. The molecule has 0 radical (unpaired) electrons. The number of hydrogen-bond acceptors (Lipinski definition) is 9. The van der Waals surface area contributed by atoms with E-state index >= 15 is 0 Å². The van der Waals surface area contributed by atoms with Crippen LogP contribution in [0.4, 0.5) is 5.69 Å². The fraction of sp³-hybridized carbons (Fsp3) is 0.667. The van der Waals surface area contributed by atoms with Gasteiger partial charge in [-0.1, -0.05) is 56.0 Å². The number of rotatable bonds is 6. The first-order valence-corrected chi connectivity index (χ1v) is 23.7. The Morgan fingerprint density at radius 2 is 1.86 bits per heavy atom. The number of benzene rings is 2. The van der Waals surface area contributed by atoms with Gasteiger partial charge in [-0.2, -0.15) is 0 Å². The number of anilines is 1. The van der Waals surface area contributed by atoms with Crippen molar-refractivity contribution in [2.24, 2.45) is 23.7 Å². The summed E-state index contributed by atoms with van der Waals surface area (Å²) in [4.78, 5) is 21.6. The molecule has 312 valence electrons. The van der Waals surface area contributed by atoms with Crippen molar-refractivity contribution in [2.75, 3.05) is 70.5 Å². The summed E-state index contributed by atoms with van der Waals surface area (Å²) in [7, 11) is -4.00. The van der Waals surface area contributed by atoms with Crippen LogP contribution in [-0.4, -0.2) is 107 Å². The number of nitrogens with zero attached hydrogens (tertiary/aromatic N) is 3. The minimum atomic E-state index is -4.00. The molecule has 6 aliphatic rings. The molecule has 0 unspecified atom stereocenters. The average Bonchev–Trinajstić information content (AvgIpc) is 3.18. The van der Waals surface area contributed by atoms with E-state index in [2.05, 4.69) is 44.6 Å². The molecule has 4 heterocycles. The topological polar surface area (TPSA) is 101 Å². The summed E-state index contributed by atoms with van der Waals surface area (Å²) < 4.78 is 50.8. The number of carbonyl (C=O) groups excluding carboxylic acids is 1. The number of fused-ring (bicyclic) bond motifs is 4. The average molecular weight is 824 g/mol. The number of amides is 1. The highest BCUT2D eigenvalue weighted by molar-refractivity contribution is 7.90. The molecule has 1 N–H and O–H groups in total. The van der Waals surface area contributed by atoms with E-state index in [-0.39, 0.29) is 11.8 Å². The van der Waals surface area contributed by atoms with Gasteiger partial charge in [0.25, 0.3) is 5.91 Å². The number of hydrogen-bond donors (Lipinski definition) is 1. The molecule has 0 spiro atoms. The number of morpholine rings is 1. The van der Waals surface area contributed by atoms with E-state index < -0.39 is 26.8 Å². The molecule has 2 saturated heterocycles. The van der Waals surface area contributed by atoms with Gasteiger partial charge in [0.2, 0.25) is 10.0 Å². The van der Waals surface area contributed by atoms with Crippen LogP contribution in [0.1, 0.15) is 93.1 Å². The Morgan fingerprint density at radius 1 is 0.982 bits per heavy atom. The molecule has 10 nitrogen and oxygen atoms in total. The van der Waals surface area contributed by atoms with Crippen molar-refractivity contribution in [1.29, 1.82) is 0 Å². The van der Waals surface area contributed by atoms with Crippen molar-refractivity contribution >= 4 is 33.2 Å². The molecule has 2 aromatic carbocycles. The van der Waals surface area contributed by atoms with Crippen LogP contribution < -0.4 is 14.4 Å². The summed E-state index contributed by atoms with van der Waals surface area (Å²) >= 11 is 6.45. The Morgan fingerprint density at radius 3 is 2.65 bits per heavy atom. The van der Waals surface area contributed by atoms with Gasteiger partial charge in [0.15, 0.2) is 0 Å². The van der Waals surface area contributed by atoms with Crippen LogP contribution in [0, 0.1) is 23.7 Å². The molecular formula is C45H63ClN4O6S. The second-order valence-corrected chi connectivity index (χ2v) is 20.1. The predicted octanol–water partition coefficient (Wildman–Crippen LogP) is 7.09. The largest absolute Gasteiger partial charge is 0.487 e. The molecule has 57 heavy (non-hydrogen) atoms. The lowest BCUT2D eigenvalue weighted by atomic mass is 9.63. The fourth-order valence-electron chi connectivity index (χ4n) is 10.5. The molecule has 8 rings (SSSR count). The Hall–Kier alpha value is -2.67. The highest BCUT2D eigenvalue weighted by atomic mass is 35.5. The van der Waals surface area contributed by atoms with E-state index in [1.807, 2.05) is 31.2 Å². The number of sulfonamides is 1. The summed E-state index contributed by atoms with van der Waals surface area (Å²) in [5, 5.41) is 0.0386. The van der Waals surface area contributed by atoms with Gasteiger partial charge in [-0.15, -0.1) is 0 Å². The van der Waals surface area contributed by atoms with Crippen LogP contribution in [0.3, 0.4) is 0 Å². The minimum absolute atomic E-state index is 0.187. The molecule has 12 heteroatoms. The Kier molecular flexibility index (Phi) is 12.9. The van der Waals surface area contributed by atoms with E-state index in [1.54, 1.807) is 6.07 Å². The fourth-order valence-corrected chi connectivity index (χ4v) is 12.5. The third-order valence-corrected chi connectivity index (χ3v) is 16.3. The maximum Gasteiger partial charge on any atom is 0.264 e. The summed E-state index contributed by atoms with van der Waals surface area (Å²) in [6.07, 6.45) is 13.9. The summed E-state index contributed by atoms with van der Waals surface area (Å²) in [6.45, 7) is 13.0. The zero-order valence-electron chi connectivity index (χ0n) is 34.0. The quantitative estimate of drug-likeness (QED) is 0.306. The number of carbonyl (C=O) groups is 1. The Balaban J connectivity index is 1.18. The van der Waals surface area contributed by atoms with Crippen molar-refractivity contribution < 1.29 is 27.4 Å². The normalized spacial score (nSPS) is 32.2. The highest BCUT2D eigenvalue weighted by Gasteiger charge is 2.49.